The number of anilines is 3. The highest BCUT2D eigenvalue weighted by Gasteiger charge is 2.08. The van der Waals surface area contributed by atoms with E-state index in [2.05, 4.69) is 20.9 Å². The Morgan fingerprint density at radius 2 is 1.67 bits per heavy atom. The first-order chi connectivity index (χ1) is 13.2. The molecule has 0 aliphatic carbocycles. The monoisotopic (exact) mass is 394 g/mol. The van der Waals surface area contributed by atoms with E-state index in [4.69, 9.17) is 16.6 Å². The van der Waals surface area contributed by atoms with Crippen molar-refractivity contribution < 1.29 is 9.21 Å². The van der Waals surface area contributed by atoms with Crippen molar-refractivity contribution >= 4 is 61.9 Å². The van der Waals surface area contributed by atoms with Crippen molar-refractivity contribution in [3.8, 4) is 0 Å². The van der Waals surface area contributed by atoms with Gasteiger partial charge < -0.3 is 20.4 Å². The number of thiocarbonyl (C=S) groups is 1. The predicted molar refractivity (Wildman–Crippen MR) is 113 cm³/mol. The summed E-state index contributed by atoms with van der Waals surface area (Å²) in [5, 5.41) is 9.49. The van der Waals surface area contributed by atoms with E-state index in [-0.39, 0.29) is 11.7 Å². The molecule has 0 atom stereocenters. The molecule has 134 valence electrons. The summed E-state index contributed by atoms with van der Waals surface area (Å²) in [6.45, 7) is 0. The quantitative estimate of drug-likeness (QED) is 0.425. The molecule has 0 aliphatic rings. The fourth-order valence-corrected chi connectivity index (χ4v) is 3.36. The van der Waals surface area contributed by atoms with Gasteiger partial charge in [0.15, 0.2) is 10.9 Å². The number of benzene rings is 2. The second-order valence-electron chi connectivity index (χ2n) is 5.62. The number of hydrogen-bond acceptors (Lipinski definition) is 5. The number of furan rings is 1. The van der Waals surface area contributed by atoms with Gasteiger partial charge in [0.25, 0.3) is 5.91 Å². The first-order valence-electron chi connectivity index (χ1n) is 8.03. The van der Waals surface area contributed by atoms with Crippen molar-refractivity contribution in [3.05, 3.63) is 72.1 Å². The third-order valence-corrected chi connectivity index (χ3v) is 4.75. The summed E-state index contributed by atoms with van der Waals surface area (Å²) in [6.07, 6.45) is 1.46. The van der Waals surface area contributed by atoms with Gasteiger partial charge in [0.1, 0.15) is 0 Å². The number of thiazole rings is 1. The van der Waals surface area contributed by atoms with E-state index in [1.807, 2.05) is 35.8 Å². The van der Waals surface area contributed by atoms with Crippen LogP contribution in [0.15, 0.2) is 70.8 Å². The van der Waals surface area contributed by atoms with Gasteiger partial charge in [0, 0.05) is 17.1 Å². The second kappa shape index (κ2) is 7.56. The summed E-state index contributed by atoms with van der Waals surface area (Å²) < 4.78 is 6.20. The first kappa shape index (κ1) is 17.2. The molecule has 0 aliphatic heterocycles. The Morgan fingerprint density at radius 1 is 0.963 bits per heavy atom. The molecule has 1 amide bonds. The number of amides is 1. The Kier molecular flexibility index (Phi) is 4.82. The van der Waals surface area contributed by atoms with Crippen molar-refractivity contribution in [2.75, 3.05) is 16.0 Å². The van der Waals surface area contributed by atoms with E-state index in [0.717, 1.165) is 21.6 Å². The topological polar surface area (TPSA) is 79.2 Å². The van der Waals surface area contributed by atoms with Gasteiger partial charge in [0.2, 0.25) is 0 Å². The summed E-state index contributed by atoms with van der Waals surface area (Å²) in [4.78, 5) is 16.3. The second-order valence-corrected chi connectivity index (χ2v) is 6.92. The van der Waals surface area contributed by atoms with Crippen LogP contribution in [0, 0.1) is 0 Å². The van der Waals surface area contributed by atoms with Crippen LogP contribution >= 0.6 is 23.6 Å². The summed E-state index contributed by atoms with van der Waals surface area (Å²) in [7, 11) is 0. The Hall–Kier alpha value is -3.23. The SMILES string of the molecule is O=C(Nc1ccc(NC(=S)Nc2ccc3scnc3c2)cc1)c1ccco1. The van der Waals surface area contributed by atoms with E-state index in [1.165, 1.54) is 6.26 Å². The highest BCUT2D eigenvalue weighted by Crippen LogP contribution is 2.22. The standard InChI is InChI=1S/C19H14N4O2S2/c24-18(16-2-1-9-25-16)21-12-3-5-13(6-4-12)22-19(26)23-14-7-8-17-15(10-14)20-11-27-17/h1-11H,(H,21,24)(H2,22,23,26). The zero-order valence-electron chi connectivity index (χ0n) is 13.9. The third-order valence-electron chi connectivity index (χ3n) is 3.73. The van der Waals surface area contributed by atoms with Gasteiger partial charge in [0.05, 0.1) is 22.0 Å². The number of aromatic nitrogens is 1. The molecule has 0 unspecified atom stereocenters. The van der Waals surface area contributed by atoms with E-state index < -0.39 is 0 Å². The molecule has 0 fully saturated rings. The van der Waals surface area contributed by atoms with E-state index in [0.29, 0.717) is 10.8 Å². The maximum atomic E-state index is 12.0. The van der Waals surface area contributed by atoms with Gasteiger partial charge in [-0.15, -0.1) is 11.3 Å². The van der Waals surface area contributed by atoms with Crippen LogP contribution in [0.1, 0.15) is 10.6 Å². The van der Waals surface area contributed by atoms with Crippen LogP contribution < -0.4 is 16.0 Å². The number of carbonyl (C=O) groups is 1. The molecule has 4 rings (SSSR count). The van der Waals surface area contributed by atoms with Crippen molar-refractivity contribution in [2.45, 2.75) is 0 Å². The van der Waals surface area contributed by atoms with Crippen molar-refractivity contribution in [3.63, 3.8) is 0 Å². The Balaban J connectivity index is 1.36. The lowest BCUT2D eigenvalue weighted by atomic mass is 10.2. The molecule has 2 heterocycles. The molecule has 2 aromatic heterocycles. The Bertz CT molecular complexity index is 1090. The summed E-state index contributed by atoms with van der Waals surface area (Å²) in [5.41, 5.74) is 5.09. The molecule has 0 radical (unpaired) electrons. The Labute approximate surface area is 164 Å². The maximum Gasteiger partial charge on any atom is 0.291 e. The highest BCUT2D eigenvalue weighted by atomic mass is 32.1. The van der Waals surface area contributed by atoms with Crippen LogP contribution in [-0.2, 0) is 0 Å². The smallest absolute Gasteiger partial charge is 0.291 e. The molecule has 0 saturated heterocycles. The first-order valence-corrected chi connectivity index (χ1v) is 9.32. The largest absolute Gasteiger partial charge is 0.459 e. The third kappa shape index (κ3) is 4.13. The molecule has 27 heavy (non-hydrogen) atoms. The van der Waals surface area contributed by atoms with Gasteiger partial charge >= 0.3 is 0 Å². The molecule has 3 N–H and O–H groups in total. The fraction of sp³-hybridized carbons (Fsp3) is 0. The average Bonchev–Trinajstić information content (AvgIpc) is 3.34. The number of nitrogens with zero attached hydrogens (tertiary/aromatic N) is 1. The lowest BCUT2D eigenvalue weighted by Gasteiger charge is -2.11. The zero-order chi connectivity index (χ0) is 18.6. The maximum absolute atomic E-state index is 12.0. The molecule has 8 heteroatoms. The molecule has 2 aromatic carbocycles. The van der Waals surface area contributed by atoms with Crippen LogP contribution in [0.5, 0.6) is 0 Å². The fourth-order valence-electron chi connectivity index (χ4n) is 2.47. The lowest BCUT2D eigenvalue weighted by molar-refractivity contribution is 0.0996. The van der Waals surface area contributed by atoms with Gasteiger partial charge in [-0.05, 0) is 66.8 Å². The van der Waals surface area contributed by atoms with Crippen molar-refractivity contribution in [1.29, 1.82) is 0 Å². The number of nitrogens with one attached hydrogen (secondary N) is 3. The lowest BCUT2D eigenvalue weighted by Crippen LogP contribution is -2.19. The van der Waals surface area contributed by atoms with Crippen LogP contribution in [0.3, 0.4) is 0 Å². The number of rotatable bonds is 4. The number of fused-ring (bicyclic) bond motifs is 1. The molecular formula is C19H14N4O2S2. The zero-order valence-corrected chi connectivity index (χ0v) is 15.6. The molecule has 0 spiro atoms. The minimum absolute atomic E-state index is 0.264. The van der Waals surface area contributed by atoms with Crippen molar-refractivity contribution in [1.82, 2.24) is 4.98 Å². The highest BCUT2D eigenvalue weighted by molar-refractivity contribution is 7.80. The van der Waals surface area contributed by atoms with Crippen molar-refractivity contribution in [2.24, 2.45) is 0 Å². The summed E-state index contributed by atoms with van der Waals surface area (Å²) in [5.74, 6) is -0.0324. The van der Waals surface area contributed by atoms with Gasteiger partial charge in [-0.3, -0.25) is 4.79 Å². The molecular weight excluding hydrogens is 380 g/mol. The van der Waals surface area contributed by atoms with Gasteiger partial charge in [-0.1, -0.05) is 0 Å². The minimum atomic E-state index is -0.296. The summed E-state index contributed by atoms with van der Waals surface area (Å²) >= 11 is 6.95. The van der Waals surface area contributed by atoms with Crippen LogP contribution in [-0.4, -0.2) is 16.0 Å². The molecule has 4 aromatic rings. The van der Waals surface area contributed by atoms with E-state index in [1.54, 1.807) is 35.6 Å². The summed E-state index contributed by atoms with van der Waals surface area (Å²) in [6, 6.07) is 16.4. The van der Waals surface area contributed by atoms with Crippen LogP contribution in [0.25, 0.3) is 10.2 Å². The number of hydrogen-bond donors (Lipinski definition) is 3. The minimum Gasteiger partial charge on any atom is -0.459 e. The van der Waals surface area contributed by atoms with E-state index >= 15 is 0 Å². The predicted octanol–water partition coefficient (Wildman–Crippen LogP) is 4.95. The number of carbonyl (C=O) groups excluding carboxylic acids is 1. The molecule has 0 bridgehead atoms. The average molecular weight is 394 g/mol. The van der Waals surface area contributed by atoms with Crippen LogP contribution in [0.2, 0.25) is 0 Å². The molecule has 0 saturated carbocycles. The van der Waals surface area contributed by atoms with Crippen LogP contribution in [0.4, 0.5) is 17.1 Å². The van der Waals surface area contributed by atoms with E-state index in [9.17, 15) is 4.79 Å². The van der Waals surface area contributed by atoms with Gasteiger partial charge in [-0.25, -0.2) is 4.98 Å². The van der Waals surface area contributed by atoms with Gasteiger partial charge in [-0.2, -0.15) is 0 Å². The molecule has 6 nitrogen and oxygen atoms in total. The Morgan fingerprint density at radius 3 is 2.41 bits per heavy atom. The normalized spacial score (nSPS) is 10.5.